The Morgan fingerprint density at radius 1 is 1.35 bits per heavy atom. The van der Waals surface area contributed by atoms with Crippen LogP contribution in [0.5, 0.6) is 0 Å². The van der Waals surface area contributed by atoms with Crippen LogP contribution in [0.4, 0.5) is 0 Å². The molecule has 1 aliphatic rings. The number of likely N-dealkylation sites (tertiary alicyclic amines) is 1. The maximum absolute atomic E-state index is 11.2. The molecule has 0 aliphatic carbocycles. The zero-order valence-electron chi connectivity index (χ0n) is 12.2. The lowest BCUT2D eigenvalue weighted by Gasteiger charge is -2.21. The summed E-state index contributed by atoms with van der Waals surface area (Å²) in [5.74, 6) is 0.578. The van der Waals surface area contributed by atoms with Gasteiger partial charge in [-0.1, -0.05) is 37.3 Å². The number of rotatable bonds is 6. The highest BCUT2D eigenvalue weighted by Crippen LogP contribution is 2.15. The molecule has 1 saturated heterocycles. The highest BCUT2D eigenvalue weighted by atomic mass is 32.2. The van der Waals surface area contributed by atoms with Gasteiger partial charge in [0, 0.05) is 19.1 Å². The Bertz CT molecular complexity index is 516. The minimum Gasteiger partial charge on any atom is -0.301 e. The van der Waals surface area contributed by atoms with Crippen molar-refractivity contribution in [3.05, 3.63) is 35.9 Å². The van der Waals surface area contributed by atoms with Crippen LogP contribution < -0.4 is 4.72 Å². The second-order valence-electron chi connectivity index (χ2n) is 5.93. The molecule has 20 heavy (non-hydrogen) atoms. The lowest BCUT2D eigenvalue weighted by Crippen LogP contribution is -2.37. The summed E-state index contributed by atoms with van der Waals surface area (Å²) in [5, 5.41) is 0. The lowest BCUT2D eigenvalue weighted by atomic mass is 10.0. The second-order valence-corrected chi connectivity index (χ2v) is 7.71. The van der Waals surface area contributed by atoms with E-state index in [4.69, 9.17) is 0 Å². The molecule has 0 unspecified atom stereocenters. The summed E-state index contributed by atoms with van der Waals surface area (Å²) in [6.45, 7) is 5.08. The van der Waals surface area contributed by atoms with Gasteiger partial charge in [0.05, 0.1) is 6.26 Å². The normalized spacial score (nSPS) is 22.0. The molecule has 1 aromatic rings. The predicted molar refractivity (Wildman–Crippen MR) is 82.1 cm³/mol. The molecule has 112 valence electrons. The summed E-state index contributed by atoms with van der Waals surface area (Å²) in [7, 11) is -3.08. The Kier molecular flexibility index (Phi) is 5.18. The van der Waals surface area contributed by atoms with Crippen LogP contribution in [-0.4, -0.2) is 45.2 Å². The van der Waals surface area contributed by atoms with Gasteiger partial charge in [0.1, 0.15) is 0 Å². The van der Waals surface area contributed by atoms with Crippen molar-refractivity contribution in [3.63, 3.8) is 0 Å². The number of hydrogen-bond donors (Lipinski definition) is 1. The van der Waals surface area contributed by atoms with Crippen molar-refractivity contribution in [1.29, 1.82) is 0 Å². The van der Waals surface area contributed by atoms with Crippen LogP contribution in [0.3, 0.4) is 0 Å². The molecule has 0 saturated carbocycles. The summed E-state index contributed by atoms with van der Waals surface area (Å²) in [6, 6.07) is 10.6. The van der Waals surface area contributed by atoms with Gasteiger partial charge in [0.15, 0.2) is 0 Å². The number of hydrogen-bond acceptors (Lipinski definition) is 3. The van der Waals surface area contributed by atoms with Crippen molar-refractivity contribution in [1.82, 2.24) is 9.62 Å². The van der Waals surface area contributed by atoms with Crippen LogP contribution in [0.25, 0.3) is 0 Å². The van der Waals surface area contributed by atoms with Crippen molar-refractivity contribution < 1.29 is 8.42 Å². The fourth-order valence-corrected chi connectivity index (χ4v) is 3.72. The van der Waals surface area contributed by atoms with Crippen LogP contribution in [0.2, 0.25) is 0 Å². The minimum absolute atomic E-state index is 0.0777. The average Bonchev–Trinajstić information content (AvgIpc) is 2.75. The fraction of sp³-hybridized carbons (Fsp3) is 0.600. The molecule has 0 amide bonds. The van der Waals surface area contributed by atoms with Gasteiger partial charge < -0.3 is 4.90 Å². The Morgan fingerprint density at radius 3 is 2.70 bits per heavy atom. The van der Waals surface area contributed by atoms with Crippen molar-refractivity contribution in [2.75, 3.05) is 25.9 Å². The molecule has 1 aliphatic heterocycles. The SMILES string of the molecule is C[C@@H](Cc1ccccc1)CN1CC[C@H](NS(C)(=O)=O)C1. The zero-order chi connectivity index (χ0) is 14.6. The molecular weight excluding hydrogens is 272 g/mol. The molecule has 5 heteroatoms. The third-order valence-corrected chi connectivity index (χ3v) is 4.41. The largest absolute Gasteiger partial charge is 0.301 e. The highest BCUT2D eigenvalue weighted by molar-refractivity contribution is 7.88. The second kappa shape index (κ2) is 6.70. The first-order chi connectivity index (χ1) is 9.42. The number of benzene rings is 1. The molecular formula is C15H24N2O2S. The van der Waals surface area contributed by atoms with Gasteiger partial charge in [0.25, 0.3) is 0 Å². The van der Waals surface area contributed by atoms with Gasteiger partial charge >= 0.3 is 0 Å². The Morgan fingerprint density at radius 2 is 2.05 bits per heavy atom. The first-order valence-electron chi connectivity index (χ1n) is 7.16. The van der Waals surface area contributed by atoms with E-state index in [0.717, 1.165) is 32.5 Å². The van der Waals surface area contributed by atoms with Gasteiger partial charge in [0.2, 0.25) is 10.0 Å². The fourth-order valence-electron chi connectivity index (χ4n) is 2.92. The van der Waals surface area contributed by atoms with E-state index in [1.807, 2.05) is 6.07 Å². The van der Waals surface area contributed by atoms with Crippen LogP contribution in [0, 0.1) is 5.92 Å². The topological polar surface area (TPSA) is 49.4 Å². The molecule has 1 fully saturated rings. The zero-order valence-corrected chi connectivity index (χ0v) is 13.1. The first kappa shape index (κ1) is 15.5. The maximum Gasteiger partial charge on any atom is 0.208 e. The van der Waals surface area contributed by atoms with Gasteiger partial charge in [-0.05, 0) is 30.9 Å². The summed E-state index contributed by atoms with van der Waals surface area (Å²) in [5.41, 5.74) is 1.37. The summed E-state index contributed by atoms with van der Waals surface area (Å²) in [6.07, 6.45) is 3.21. The molecule has 1 N–H and O–H groups in total. The Balaban J connectivity index is 1.77. The Labute approximate surface area is 122 Å². The average molecular weight is 296 g/mol. The number of sulfonamides is 1. The van der Waals surface area contributed by atoms with Gasteiger partial charge in [-0.2, -0.15) is 0 Å². The number of nitrogens with one attached hydrogen (secondary N) is 1. The molecule has 0 spiro atoms. The smallest absolute Gasteiger partial charge is 0.208 e. The third-order valence-electron chi connectivity index (χ3n) is 3.65. The van der Waals surface area contributed by atoms with E-state index in [-0.39, 0.29) is 6.04 Å². The van der Waals surface area contributed by atoms with Gasteiger partial charge in [-0.15, -0.1) is 0 Å². The molecule has 2 atom stereocenters. The third kappa shape index (κ3) is 5.23. The van der Waals surface area contributed by atoms with E-state index in [2.05, 4.69) is 40.8 Å². The van der Waals surface area contributed by atoms with Crippen LogP contribution in [-0.2, 0) is 16.4 Å². The number of nitrogens with zero attached hydrogens (tertiary/aromatic N) is 1. The molecule has 1 heterocycles. The highest BCUT2D eigenvalue weighted by Gasteiger charge is 2.25. The van der Waals surface area contributed by atoms with Crippen molar-refractivity contribution in [2.24, 2.45) is 5.92 Å². The van der Waals surface area contributed by atoms with E-state index in [1.54, 1.807) is 0 Å². The molecule has 0 aromatic heterocycles. The standard InChI is InChI=1S/C15H24N2O2S/c1-13(10-14-6-4-3-5-7-14)11-17-9-8-15(12-17)16-20(2,18)19/h3-7,13,15-16H,8-12H2,1-2H3/t13-,15-/m0/s1. The summed E-state index contributed by atoms with van der Waals surface area (Å²) >= 11 is 0. The van der Waals surface area contributed by atoms with E-state index < -0.39 is 10.0 Å². The molecule has 4 nitrogen and oxygen atoms in total. The molecule has 1 aromatic carbocycles. The van der Waals surface area contributed by atoms with E-state index in [9.17, 15) is 8.42 Å². The van der Waals surface area contributed by atoms with Crippen LogP contribution >= 0.6 is 0 Å². The van der Waals surface area contributed by atoms with Crippen LogP contribution in [0.1, 0.15) is 18.9 Å². The summed E-state index contributed by atoms with van der Waals surface area (Å²) in [4.78, 5) is 2.36. The maximum atomic E-state index is 11.2. The molecule has 0 bridgehead atoms. The predicted octanol–water partition coefficient (Wildman–Crippen LogP) is 1.49. The van der Waals surface area contributed by atoms with E-state index >= 15 is 0 Å². The van der Waals surface area contributed by atoms with Gasteiger partial charge in [-0.25, -0.2) is 13.1 Å². The lowest BCUT2D eigenvalue weighted by molar-refractivity contribution is 0.282. The first-order valence-corrected chi connectivity index (χ1v) is 9.05. The van der Waals surface area contributed by atoms with Crippen LogP contribution in [0.15, 0.2) is 30.3 Å². The van der Waals surface area contributed by atoms with Gasteiger partial charge in [-0.3, -0.25) is 0 Å². The monoisotopic (exact) mass is 296 g/mol. The molecule has 0 radical (unpaired) electrons. The minimum atomic E-state index is -3.08. The Hall–Kier alpha value is -0.910. The van der Waals surface area contributed by atoms with Crippen molar-refractivity contribution in [2.45, 2.75) is 25.8 Å². The van der Waals surface area contributed by atoms with E-state index in [0.29, 0.717) is 5.92 Å². The van der Waals surface area contributed by atoms with E-state index in [1.165, 1.54) is 11.8 Å². The summed E-state index contributed by atoms with van der Waals surface area (Å²) < 4.78 is 25.2. The van der Waals surface area contributed by atoms with Crippen molar-refractivity contribution >= 4 is 10.0 Å². The van der Waals surface area contributed by atoms with Crippen molar-refractivity contribution in [3.8, 4) is 0 Å². The quantitative estimate of drug-likeness (QED) is 0.865. The molecule has 2 rings (SSSR count).